The van der Waals surface area contributed by atoms with Crippen LogP contribution in [0.4, 0.5) is 0 Å². The minimum absolute atomic E-state index is 0.0908. The summed E-state index contributed by atoms with van der Waals surface area (Å²) in [7, 11) is -2.70. The van der Waals surface area contributed by atoms with E-state index < -0.39 is 16.2 Å². The maximum atomic E-state index is 10.8. The lowest BCUT2D eigenvalue weighted by atomic mass is 10.4. The second-order valence-electron chi connectivity index (χ2n) is 2.10. The second kappa shape index (κ2) is 2.23. The van der Waals surface area contributed by atoms with Crippen molar-refractivity contribution >= 4 is 16.2 Å². The lowest BCUT2D eigenvalue weighted by Crippen LogP contribution is -2.36. The summed E-state index contributed by atoms with van der Waals surface area (Å²) in [6, 6.07) is 0. The monoisotopic (exact) mass is 177 g/mol. The van der Waals surface area contributed by atoms with Crippen molar-refractivity contribution in [1.29, 1.82) is 0 Å². The SMILES string of the molecule is CC1=CC(=O)N(C)S(=O)(=O)O1. The summed E-state index contributed by atoms with van der Waals surface area (Å²) in [5.41, 5.74) is 0. The van der Waals surface area contributed by atoms with E-state index in [-0.39, 0.29) is 5.76 Å². The van der Waals surface area contributed by atoms with Crippen molar-refractivity contribution in [3.8, 4) is 0 Å². The van der Waals surface area contributed by atoms with Crippen molar-refractivity contribution in [1.82, 2.24) is 4.31 Å². The Bertz CT molecular complexity index is 315. The number of hydrogen-bond acceptors (Lipinski definition) is 4. The molecule has 62 valence electrons. The number of allylic oxidation sites excluding steroid dienone is 1. The molecule has 1 aliphatic rings. The van der Waals surface area contributed by atoms with Gasteiger partial charge in [-0.25, -0.2) is 4.31 Å². The Morgan fingerprint density at radius 2 is 2.09 bits per heavy atom. The average molecular weight is 177 g/mol. The van der Waals surface area contributed by atoms with E-state index in [2.05, 4.69) is 4.18 Å². The Kier molecular flexibility index (Phi) is 1.63. The highest BCUT2D eigenvalue weighted by atomic mass is 32.2. The highest BCUT2D eigenvalue weighted by molar-refractivity contribution is 7.85. The zero-order valence-electron chi connectivity index (χ0n) is 6.07. The fourth-order valence-corrected chi connectivity index (χ4v) is 1.39. The Labute approximate surface area is 64.5 Å². The molecule has 0 unspecified atom stereocenters. The van der Waals surface area contributed by atoms with Crippen LogP contribution in [-0.4, -0.2) is 25.7 Å². The molecular formula is C5H7NO4S. The zero-order chi connectivity index (χ0) is 8.65. The highest BCUT2D eigenvalue weighted by Crippen LogP contribution is 2.13. The van der Waals surface area contributed by atoms with Gasteiger partial charge in [0, 0.05) is 13.1 Å². The first-order chi connectivity index (χ1) is 4.93. The second-order valence-corrected chi connectivity index (χ2v) is 3.67. The lowest BCUT2D eigenvalue weighted by molar-refractivity contribution is -0.121. The molecule has 11 heavy (non-hydrogen) atoms. The summed E-state index contributed by atoms with van der Waals surface area (Å²) >= 11 is 0. The molecule has 5 nitrogen and oxygen atoms in total. The molecule has 0 radical (unpaired) electrons. The molecule has 0 saturated heterocycles. The van der Waals surface area contributed by atoms with Gasteiger partial charge in [-0.15, -0.1) is 0 Å². The van der Waals surface area contributed by atoms with Gasteiger partial charge in [-0.05, 0) is 6.92 Å². The number of rotatable bonds is 0. The van der Waals surface area contributed by atoms with Crippen molar-refractivity contribution in [3.63, 3.8) is 0 Å². The predicted octanol–water partition coefficient (Wildman–Crippen LogP) is -0.376. The number of hydrogen-bond donors (Lipinski definition) is 0. The summed E-state index contributed by atoms with van der Waals surface area (Å²) in [5.74, 6) is -0.498. The van der Waals surface area contributed by atoms with Crippen LogP contribution in [-0.2, 0) is 19.3 Å². The molecule has 0 N–H and O–H groups in total. The maximum Gasteiger partial charge on any atom is 0.411 e. The largest absolute Gasteiger partial charge is 0.411 e. The molecule has 0 fully saturated rings. The van der Waals surface area contributed by atoms with Crippen LogP contribution in [0, 0.1) is 0 Å². The Morgan fingerprint density at radius 3 is 2.55 bits per heavy atom. The van der Waals surface area contributed by atoms with E-state index in [1.807, 2.05) is 0 Å². The third-order valence-electron chi connectivity index (χ3n) is 1.21. The average Bonchev–Trinajstić information content (AvgIpc) is 1.81. The molecule has 0 saturated carbocycles. The third-order valence-corrected chi connectivity index (χ3v) is 2.53. The van der Waals surface area contributed by atoms with E-state index in [1.54, 1.807) is 0 Å². The van der Waals surface area contributed by atoms with Crippen LogP contribution in [0.25, 0.3) is 0 Å². The smallest absolute Gasteiger partial charge is 0.371 e. The van der Waals surface area contributed by atoms with Crippen LogP contribution in [0.1, 0.15) is 6.92 Å². The summed E-state index contributed by atoms with van der Waals surface area (Å²) in [6.45, 7) is 1.41. The molecular weight excluding hydrogens is 170 g/mol. The number of likely N-dealkylation sites (N-methyl/N-ethyl adjacent to an activating group) is 1. The van der Waals surface area contributed by atoms with Gasteiger partial charge in [0.25, 0.3) is 5.91 Å². The van der Waals surface area contributed by atoms with E-state index in [0.717, 1.165) is 13.1 Å². The van der Waals surface area contributed by atoms with Crippen molar-refractivity contribution < 1.29 is 17.4 Å². The summed E-state index contributed by atoms with van der Waals surface area (Å²) in [4.78, 5) is 10.8. The molecule has 0 atom stereocenters. The number of carbonyl (C=O) groups is 1. The highest BCUT2D eigenvalue weighted by Gasteiger charge is 2.28. The van der Waals surface area contributed by atoms with Gasteiger partial charge in [0.2, 0.25) is 0 Å². The van der Waals surface area contributed by atoms with E-state index in [4.69, 9.17) is 0 Å². The first-order valence-electron chi connectivity index (χ1n) is 2.84. The first kappa shape index (κ1) is 8.06. The predicted molar refractivity (Wildman–Crippen MR) is 36.5 cm³/mol. The molecule has 6 heteroatoms. The fraction of sp³-hybridized carbons (Fsp3) is 0.400. The van der Waals surface area contributed by atoms with E-state index in [0.29, 0.717) is 4.31 Å². The van der Waals surface area contributed by atoms with Crippen LogP contribution in [0.2, 0.25) is 0 Å². The lowest BCUT2D eigenvalue weighted by Gasteiger charge is -2.19. The van der Waals surface area contributed by atoms with Gasteiger partial charge in [0.15, 0.2) is 0 Å². The van der Waals surface area contributed by atoms with E-state index in [1.165, 1.54) is 6.92 Å². The quantitative estimate of drug-likeness (QED) is 0.506. The molecule has 1 rings (SSSR count). The van der Waals surface area contributed by atoms with Gasteiger partial charge >= 0.3 is 10.3 Å². The van der Waals surface area contributed by atoms with E-state index >= 15 is 0 Å². The van der Waals surface area contributed by atoms with Gasteiger partial charge < -0.3 is 4.18 Å². The fourth-order valence-electron chi connectivity index (χ4n) is 0.621. The van der Waals surface area contributed by atoms with Gasteiger partial charge in [-0.2, -0.15) is 8.42 Å². The van der Waals surface area contributed by atoms with Gasteiger partial charge in [0.05, 0.1) is 0 Å². The minimum atomic E-state index is -3.84. The molecule has 0 aromatic heterocycles. The summed E-state index contributed by atoms with van der Waals surface area (Å²) in [6.07, 6.45) is 1.11. The van der Waals surface area contributed by atoms with Crippen LogP contribution in [0.3, 0.4) is 0 Å². The van der Waals surface area contributed by atoms with E-state index in [9.17, 15) is 13.2 Å². The van der Waals surface area contributed by atoms with Crippen LogP contribution >= 0.6 is 0 Å². The Hall–Kier alpha value is -1.04. The standard InChI is InChI=1S/C5H7NO4S/c1-4-3-5(7)6(2)11(8,9)10-4/h3H,1-2H3. The molecule has 1 aliphatic heterocycles. The van der Waals surface area contributed by atoms with Crippen molar-refractivity contribution in [3.05, 3.63) is 11.8 Å². The Morgan fingerprint density at radius 1 is 1.55 bits per heavy atom. The van der Waals surface area contributed by atoms with Crippen LogP contribution in [0.15, 0.2) is 11.8 Å². The molecule has 0 bridgehead atoms. The normalized spacial score (nSPS) is 22.5. The molecule has 0 aromatic rings. The number of carbonyl (C=O) groups excluding carboxylic acids is 1. The van der Waals surface area contributed by atoms with Gasteiger partial charge in [-0.1, -0.05) is 0 Å². The molecule has 0 spiro atoms. The molecule has 1 heterocycles. The first-order valence-corrected chi connectivity index (χ1v) is 4.20. The Balaban J connectivity index is 3.15. The van der Waals surface area contributed by atoms with Crippen LogP contribution < -0.4 is 0 Å². The van der Waals surface area contributed by atoms with Crippen molar-refractivity contribution in [2.45, 2.75) is 6.92 Å². The summed E-state index contributed by atoms with van der Waals surface area (Å²) in [5, 5.41) is 0. The number of amides is 1. The molecule has 0 aromatic carbocycles. The topological polar surface area (TPSA) is 63.7 Å². The van der Waals surface area contributed by atoms with Gasteiger partial charge in [0.1, 0.15) is 5.76 Å². The van der Waals surface area contributed by atoms with Crippen LogP contribution in [0.5, 0.6) is 0 Å². The minimum Gasteiger partial charge on any atom is -0.371 e. The number of nitrogens with zero attached hydrogens (tertiary/aromatic N) is 1. The molecule has 0 aliphatic carbocycles. The van der Waals surface area contributed by atoms with Crippen molar-refractivity contribution in [2.75, 3.05) is 7.05 Å². The van der Waals surface area contributed by atoms with Crippen molar-refractivity contribution in [2.24, 2.45) is 0 Å². The van der Waals surface area contributed by atoms with Gasteiger partial charge in [-0.3, -0.25) is 4.79 Å². The molecule has 1 amide bonds. The maximum absolute atomic E-state index is 10.8. The third kappa shape index (κ3) is 1.35. The zero-order valence-corrected chi connectivity index (χ0v) is 6.88. The summed E-state index contributed by atoms with van der Waals surface area (Å²) < 4.78 is 26.6.